The van der Waals surface area contributed by atoms with E-state index in [1.54, 1.807) is 18.5 Å². The first-order valence-corrected chi connectivity index (χ1v) is 11.4. The Kier molecular flexibility index (Phi) is 5.62. The first-order valence-electron chi connectivity index (χ1n) is 9.15. The van der Waals surface area contributed by atoms with E-state index in [2.05, 4.69) is 16.7 Å². The number of nitrogens with one attached hydrogen (secondary N) is 1. The Bertz CT molecular complexity index is 960. The molecule has 7 nitrogen and oxygen atoms in total. The highest BCUT2D eigenvalue weighted by molar-refractivity contribution is 7.93. The lowest BCUT2D eigenvalue weighted by Crippen LogP contribution is -2.17. The number of ether oxygens (including phenoxy) is 1. The van der Waals surface area contributed by atoms with E-state index in [0.717, 1.165) is 29.7 Å². The van der Waals surface area contributed by atoms with Crippen LogP contribution in [-0.2, 0) is 34.1 Å². The molecule has 9 heteroatoms. The van der Waals surface area contributed by atoms with Gasteiger partial charge < -0.3 is 4.74 Å². The molecule has 0 bridgehead atoms. The summed E-state index contributed by atoms with van der Waals surface area (Å²) in [6, 6.07) is 0. The number of anilines is 1. The fraction of sp³-hybridized carbons (Fsp3) is 0.556. The third-order valence-corrected chi connectivity index (χ3v) is 7.62. The minimum atomic E-state index is -3.85. The van der Waals surface area contributed by atoms with Crippen molar-refractivity contribution < 1.29 is 17.9 Å². The van der Waals surface area contributed by atoms with Crippen molar-refractivity contribution in [3.05, 3.63) is 27.9 Å². The van der Waals surface area contributed by atoms with Crippen LogP contribution in [0.4, 0.5) is 5.00 Å². The number of carbonyl (C=O) groups excluding carboxylic acids is 1. The zero-order valence-corrected chi connectivity index (χ0v) is 17.7. The number of carbonyl (C=O) groups is 1. The van der Waals surface area contributed by atoms with Crippen LogP contribution in [-0.4, -0.2) is 30.8 Å². The summed E-state index contributed by atoms with van der Waals surface area (Å²) < 4.78 is 35.4. The molecule has 1 atom stereocenters. The second-order valence-electron chi connectivity index (χ2n) is 6.79. The fourth-order valence-electron chi connectivity index (χ4n) is 3.43. The van der Waals surface area contributed by atoms with Gasteiger partial charge in [-0.05, 0) is 51.5 Å². The van der Waals surface area contributed by atoms with Crippen molar-refractivity contribution in [2.24, 2.45) is 5.92 Å². The van der Waals surface area contributed by atoms with Crippen LogP contribution in [0.3, 0.4) is 0 Å². The Morgan fingerprint density at radius 2 is 2.19 bits per heavy atom. The molecule has 0 amide bonds. The monoisotopic (exact) mass is 411 g/mol. The SMILES string of the molecule is CCOC(=O)c1c(NS(=O)(=O)c2cnn(CC)c2C)sc2c1CC[C@H](C)C2. The summed E-state index contributed by atoms with van der Waals surface area (Å²) in [5.41, 5.74) is 1.86. The average molecular weight is 412 g/mol. The molecule has 0 unspecified atom stereocenters. The van der Waals surface area contributed by atoms with Crippen molar-refractivity contribution in [2.75, 3.05) is 11.3 Å². The van der Waals surface area contributed by atoms with Gasteiger partial charge in [-0.2, -0.15) is 5.10 Å². The van der Waals surface area contributed by atoms with E-state index in [0.29, 0.717) is 28.7 Å². The number of hydrogen-bond acceptors (Lipinski definition) is 6. The lowest BCUT2D eigenvalue weighted by atomic mass is 9.88. The third kappa shape index (κ3) is 3.75. The van der Waals surface area contributed by atoms with Crippen molar-refractivity contribution in [3.8, 4) is 0 Å². The van der Waals surface area contributed by atoms with Crippen LogP contribution < -0.4 is 4.72 Å². The predicted molar refractivity (Wildman–Crippen MR) is 105 cm³/mol. The maximum absolute atomic E-state index is 13.0. The minimum absolute atomic E-state index is 0.124. The molecule has 1 N–H and O–H groups in total. The molecule has 0 aliphatic heterocycles. The standard InChI is InChI=1S/C18H25N3O4S2/c1-5-21-12(4)15(10-19-21)27(23,24)20-17-16(18(22)25-6-2)13-8-7-11(3)9-14(13)26-17/h10-11,20H,5-9H2,1-4H3/t11-/m0/s1. The molecule has 148 valence electrons. The molecule has 1 aliphatic rings. The van der Waals surface area contributed by atoms with Gasteiger partial charge in [0, 0.05) is 11.4 Å². The summed E-state index contributed by atoms with van der Waals surface area (Å²) in [6.07, 6.45) is 3.93. The maximum Gasteiger partial charge on any atom is 0.341 e. The molecule has 2 aromatic rings. The van der Waals surface area contributed by atoms with Gasteiger partial charge in [-0.15, -0.1) is 11.3 Å². The fourth-order valence-corrected chi connectivity index (χ4v) is 6.31. The van der Waals surface area contributed by atoms with Crippen LogP contribution in [0.5, 0.6) is 0 Å². The topological polar surface area (TPSA) is 90.3 Å². The number of esters is 1. The highest BCUT2D eigenvalue weighted by Crippen LogP contribution is 2.41. The second kappa shape index (κ2) is 7.63. The highest BCUT2D eigenvalue weighted by Gasteiger charge is 2.31. The average Bonchev–Trinajstić information content (AvgIpc) is 3.14. The van der Waals surface area contributed by atoms with Gasteiger partial charge in [0.15, 0.2) is 0 Å². The Balaban J connectivity index is 2.03. The number of rotatable bonds is 6. The molecule has 2 heterocycles. The number of sulfonamides is 1. The van der Waals surface area contributed by atoms with E-state index >= 15 is 0 Å². The second-order valence-corrected chi connectivity index (χ2v) is 9.55. The number of aromatic nitrogens is 2. The molecule has 2 aromatic heterocycles. The number of aryl methyl sites for hydroxylation is 1. The van der Waals surface area contributed by atoms with Crippen LogP contribution in [0.15, 0.2) is 11.1 Å². The third-order valence-electron chi connectivity index (χ3n) is 4.87. The number of hydrogen-bond donors (Lipinski definition) is 1. The van der Waals surface area contributed by atoms with E-state index in [-0.39, 0.29) is 11.5 Å². The lowest BCUT2D eigenvalue weighted by molar-refractivity contribution is 0.0526. The van der Waals surface area contributed by atoms with Crippen molar-refractivity contribution >= 4 is 32.3 Å². The van der Waals surface area contributed by atoms with E-state index in [9.17, 15) is 13.2 Å². The summed E-state index contributed by atoms with van der Waals surface area (Å²) >= 11 is 1.34. The Morgan fingerprint density at radius 3 is 2.81 bits per heavy atom. The van der Waals surface area contributed by atoms with Crippen LogP contribution in [0, 0.1) is 12.8 Å². The molecule has 0 aromatic carbocycles. The molecule has 0 spiro atoms. The van der Waals surface area contributed by atoms with Gasteiger partial charge in [0.05, 0.1) is 24.1 Å². The Hall–Kier alpha value is -1.87. The molecule has 0 saturated heterocycles. The summed E-state index contributed by atoms with van der Waals surface area (Å²) in [6.45, 7) is 8.36. The van der Waals surface area contributed by atoms with Crippen LogP contribution in [0.2, 0.25) is 0 Å². The first-order chi connectivity index (χ1) is 12.8. The van der Waals surface area contributed by atoms with Crippen molar-refractivity contribution in [3.63, 3.8) is 0 Å². The molecule has 0 saturated carbocycles. The first kappa shape index (κ1) is 19.9. The van der Waals surface area contributed by atoms with Crippen LogP contribution >= 0.6 is 11.3 Å². The largest absolute Gasteiger partial charge is 0.462 e. The van der Waals surface area contributed by atoms with Gasteiger partial charge in [0.1, 0.15) is 9.90 Å². The van der Waals surface area contributed by atoms with E-state index in [1.807, 2.05) is 6.92 Å². The van der Waals surface area contributed by atoms with Crippen molar-refractivity contribution in [2.45, 2.75) is 58.4 Å². The summed E-state index contributed by atoms with van der Waals surface area (Å²) in [4.78, 5) is 13.7. The van der Waals surface area contributed by atoms with Gasteiger partial charge in [0.25, 0.3) is 10.0 Å². The predicted octanol–water partition coefficient (Wildman–Crippen LogP) is 3.38. The molecular formula is C18H25N3O4S2. The smallest absolute Gasteiger partial charge is 0.341 e. The van der Waals surface area contributed by atoms with Gasteiger partial charge in [0.2, 0.25) is 0 Å². The van der Waals surface area contributed by atoms with E-state index < -0.39 is 16.0 Å². The minimum Gasteiger partial charge on any atom is -0.462 e. The van der Waals surface area contributed by atoms with Gasteiger partial charge >= 0.3 is 5.97 Å². The quantitative estimate of drug-likeness (QED) is 0.736. The van der Waals surface area contributed by atoms with E-state index in [4.69, 9.17) is 4.74 Å². The van der Waals surface area contributed by atoms with Crippen LogP contribution in [0.25, 0.3) is 0 Å². The van der Waals surface area contributed by atoms with E-state index in [1.165, 1.54) is 17.5 Å². The summed E-state index contributed by atoms with van der Waals surface area (Å²) in [5.74, 6) is 0.0453. The number of fused-ring (bicyclic) bond motifs is 1. The number of nitrogens with zero attached hydrogens (tertiary/aromatic N) is 2. The van der Waals surface area contributed by atoms with Gasteiger partial charge in [-0.1, -0.05) is 6.92 Å². The molecule has 0 radical (unpaired) electrons. The normalized spacial score (nSPS) is 16.8. The molecule has 1 aliphatic carbocycles. The molecule has 0 fully saturated rings. The van der Waals surface area contributed by atoms with Gasteiger partial charge in [-0.25, -0.2) is 13.2 Å². The number of thiophene rings is 1. The summed E-state index contributed by atoms with van der Waals surface area (Å²) in [5, 5.41) is 4.46. The molecule has 3 rings (SSSR count). The summed E-state index contributed by atoms with van der Waals surface area (Å²) in [7, 11) is -3.85. The van der Waals surface area contributed by atoms with Crippen molar-refractivity contribution in [1.29, 1.82) is 0 Å². The zero-order valence-electron chi connectivity index (χ0n) is 16.0. The van der Waals surface area contributed by atoms with Crippen molar-refractivity contribution in [1.82, 2.24) is 9.78 Å². The molecular weight excluding hydrogens is 386 g/mol. The van der Waals surface area contributed by atoms with Gasteiger partial charge in [-0.3, -0.25) is 9.40 Å². The Labute approximate surface area is 163 Å². The molecule has 27 heavy (non-hydrogen) atoms. The highest BCUT2D eigenvalue weighted by atomic mass is 32.2. The zero-order chi connectivity index (χ0) is 19.8. The maximum atomic E-state index is 13.0. The van der Waals surface area contributed by atoms with Crippen LogP contribution in [0.1, 0.15) is 53.7 Å². The lowest BCUT2D eigenvalue weighted by Gasteiger charge is -2.18. The Morgan fingerprint density at radius 1 is 1.44 bits per heavy atom.